The van der Waals surface area contributed by atoms with Crippen molar-refractivity contribution in [2.24, 2.45) is 0 Å². The van der Waals surface area contributed by atoms with Gasteiger partial charge >= 0.3 is 0 Å². The van der Waals surface area contributed by atoms with Gasteiger partial charge in [0.05, 0.1) is 12.1 Å². The number of thiazole rings is 2. The molecule has 0 radical (unpaired) electrons. The first-order valence-corrected chi connectivity index (χ1v) is 5.73. The van der Waals surface area contributed by atoms with Crippen molar-refractivity contribution in [2.45, 2.75) is 6.54 Å². The zero-order chi connectivity index (χ0) is 9.80. The molecule has 0 fully saturated rings. The molecule has 0 unspecified atom stereocenters. The molecule has 0 aliphatic carbocycles. The lowest BCUT2D eigenvalue weighted by Gasteiger charge is -1.98. The van der Waals surface area contributed by atoms with E-state index in [-0.39, 0.29) is 5.91 Å². The predicted molar refractivity (Wildman–Crippen MR) is 55.4 cm³/mol. The Bertz CT molecular complexity index is 396. The first-order valence-electron chi connectivity index (χ1n) is 3.91. The number of nitrogens with zero attached hydrogens (tertiary/aromatic N) is 2. The Kier molecular flexibility index (Phi) is 2.85. The van der Waals surface area contributed by atoms with E-state index in [4.69, 9.17) is 0 Å². The Hall–Kier alpha value is -1.27. The molecule has 0 saturated heterocycles. The van der Waals surface area contributed by atoms with Gasteiger partial charge in [-0.05, 0) is 0 Å². The summed E-state index contributed by atoms with van der Waals surface area (Å²) in [6, 6.07) is 0. The first-order chi connectivity index (χ1) is 6.86. The number of amides is 1. The third kappa shape index (κ3) is 2.15. The van der Waals surface area contributed by atoms with Gasteiger partial charge in [0.25, 0.3) is 5.91 Å². The summed E-state index contributed by atoms with van der Waals surface area (Å²) in [5.41, 5.74) is 2.10. The average Bonchev–Trinajstić information content (AvgIpc) is 2.87. The number of carbonyl (C=O) groups is 1. The highest BCUT2D eigenvalue weighted by Gasteiger charge is 2.06. The SMILES string of the molecule is O=C(NCc1nccs1)c1cscn1. The highest BCUT2D eigenvalue weighted by atomic mass is 32.1. The van der Waals surface area contributed by atoms with Crippen molar-refractivity contribution in [2.75, 3.05) is 0 Å². The molecule has 72 valence electrons. The molecule has 0 aromatic carbocycles. The molecular formula is C8H7N3OS2. The van der Waals surface area contributed by atoms with E-state index in [1.807, 2.05) is 5.38 Å². The van der Waals surface area contributed by atoms with Crippen LogP contribution in [0.15, 0.2) is 22.5 Å². The van der Waals surface area contributed by atoms with Crippen LogP contribution in [0.3, 0.4) is 0 Å². The minimum absolute atomic E-state index is 0.151. The van der Waals surface area contributed by atoms with Gasteiger partial charge in [0.2, 0.25) is 0 Å². The van der Waals surface area contributed by atoms with Crippen LogP contribution < -0.4 is 5.32 Å². The van der Waals surface area contributed by atoms with E-state index in [1.165, 1.54) is 22.7 Å². The second-order valence-corrected chi connectivity index (χ2v) is 4.18. The van der Waals surface area contributed by atoms with Gasteiger partial charge in [0.1, 0.15) is 10.7 Å². The summed E-state index contributed by atoms with van der Waals surface area (Å²) in [6.07, 6.45) is 1.72. The molecule has 0 aliphatic heterocycles. The molecule has 0 bridgehead atoms. The Morgan fingerprint density at radius 2 is 2.43 bits per heavy atom. The maximum Gasteiger partial charge on any atom is 0.271 e. The lowest BCUT2D eigenvalue weighted by atomic mass is 10.4. The molecule has 2 heterocycles. The van der Waals surface area contributed by atoms with Crippen molar-refractivity contribution >= 4 is 28.6 Å². The zero-order valence-corrected chi connectivity index (χ0v) is 8.77. The second kappa shape index (κ2) is 4.30. The minimum atomic E-state index is -0.151. The molecule has 0 spiro atoms. The molecule has 1 N–H and O–H groups in total. The number of hydrogen-bond acceptors (Lipinski definition) is 5. The topological polar surface area (TPSA) is 54.9 Å². The second-order valence-electron chi connectivity index (χ2n) is 2.48. The van der Waals surface area contributed by atoms with Crippen molar-refractivity contribution in [3.8, 4) is 0 Å². The van der Waals surface area contributed by atoms with Gasteiger partial charge in [-0.15, -0.1) is 22.7 Å². The first kappa shape index (κ1) is 9.29. The summed E-state index contributed by atoms with van der Waals surface area (Å²) >= 11 is 2.92. The third-order valence-corrected chi connectivity index (χ3v) is 2.91. The van der Waals surface area contributed by atoms with Crippen molar-refractivity contribution in [3.05, 3.63) is 33.2 Å². The van der Waals surface area contributed by atoms with Gasteiger partial charge in [0, 0.05) is 17.0 Å². The van der Waals surface area contributed by atoms with Crippen LogP contribution in [0, 0.1) is 0 Å². The molecule has 14 heavy (non-hydrogen) atoms. The molecule has 2 aromatic heterocycles. The van der Waals surface area contributed by atoms with Crippen LogP contribution in [-0.2, 0) is 6.54 Å². The van der Waals surface area contributed by atoms with E-state index in [0.29, 0.717) is 12.2 Å². The minimum Gasteiger partial charge on any atom is -0.344 e. The summed E-state index contributed by atoms with van der Waals surface area (Å²) in [5.74, 6) is -0.151. The summed E-state index contributed by atoms with van der Waals surface area (Å²) in [6.45, 7) is 0.466. The van der Waals surface area contributed by atoms with Crippen molar-refractivity contribution < 1.29 is 4.79 Å². The molecule has 2 rings (SSSR count). The van der Waals surface area contributed by atoms with Gasteiger partial charge in [-0.2, -0.15) is 0 Å². The fourth-order valence-corrected chi connectivity index (χ4v) is 2.00. The Labute approximate surface area is 88.6 Å². The fraction of sp³-hybridized carbons (Fsp3) is 0.125. The van der Waals surface area contributed by atoms with Crippen molar-refractivity contribution in [3.63, 3.8) is 0 Å². The highest BCUT2D eigenvalue weighted by molar-refractivity contribution is 7.09. The van der Waals surface area contributed by atoms with E-state index in [2.05, 4.69) is 15.3 Å². The van der Waals surface area contributed by atoms with E-state index in [9.17, 15) is 4.79 Å². The van der Waals surface area contributed by atoms with Crippen LogP contribution in [0.2, 0.25) is 0 Å². The number of nitrogens with one attached hydrogen (secondary N) is 1. The number of hydrogen-bond donors (Lipinski definition) is 1. The molecule has 6 heteroatoms. The Morgan fingerprint density at radius 1 is 1.50 bits per heavy atom. The van der Waals surface area contributed by atoms with E-state index in [1.54, 1.807) is 17.1 Å². The third-order valence-electron chi connectivity index (χ3n) is 1.55. The molecular weight excluding hydrogens is 218 g/mol. The van der Waals surface area contributed by atoms with Gasteiger partial charge in [-0.1, -0.05) is 0 Å². The standard InChI is InChI=1S/C8H7N3OS2/c12-8(6-4-13-5-11-6)10-3-7-9-1-2-14-7/h1-2,4-5H,3H2,(H,10,12). The lowest BCUT2D eigenvalue weighted by molar-refractivity contribution is 0.0946. The van der Waals surface area contributed by atoms with Gasteiger partial charge in [-0.25, -0.2) is 9.97 Å². The average molecular weight is 225 g/mol. The van der Waals surface area contributed by atoms with Crippen LogP contribution in [0.5, 0.6) is 0 Å². The summed E-state index contributed by atoms with van der Waals surface area (Å²) in [4.78, 5) is 19.4. The Balaban J connectivity index is 1.90. The molecule has 1 amide bonds. The van der Waals surface area contributed by atoms with E-state index >= 15 is 0 Å². The summed E-state index contributed by atoms with van der Waals surface area (Å²) in [5, 5.41) is 7.24. The monoisotopic (exact) mass is 225 g/mol. The molecule has 4 nitrogen and oxygen atoms in total. The molecule has 0 aliphatic rings. The van der Waals surface area contributed by atoms with Gasteiger partial charge in [0.15, 0.2) is 0 Å². The molecule has 0 atom stereocenters. The van der Waals surface area contributed by atoms with E-state index < -0.39 is 0 Å². The maximum atomic E-state index is 11.4. The largest absolute Gasteiger partial charge is 0.344 e. The van der Waals surface area contributed by atoms with Crippen molar-refractivity contribution in [1.29, 1.82) is 0 Å². The number of rotatable bonds is 3. The van der Waals surface area contributed by atoms with Gasteiger partial charge in [-0.3, -0.25) is 4.79 Å². The summed E-state index contributed by atoms with van der Waals surface area (Å²) < 4.78 is 0. The molecule has 0 saturated carbocycles. The predicted octanol–water partition coefficient (Wildman–Crippen LogP) is 1.53. The number of aromatic nitrogens is 2. The van der Waals surface area contributed by atoms with Crippen LogP contribution in [-0.4, -0.2) is 15.9 Å². The van der Waals surface area contributed by atoms with Crippen LogP contribution in [0.25, 0.3) is 0 Å². The molecule has 2 aromatic rings. The van der Waals surface area contributed by atoms with E-state index in [0.717, 1.165) is 5.01 Å². The van der Waals surface area contributed by atoms with Crippen LogP contribution in [0.1, 0.15) is 15.5 Å². The normalized spacial score (nSPS) is 10.0. The van der Waals surface area contributed by atoms with Gasteiger partial charge < -0.3 is 5.32 Å². The zero-order valence-electron chi connectivity index (χ0n) is 7.14. The number of carbonyl (C=O) groups excluding carboxylic acids is 1. The van der Waals surface area contributed by atoms with Crippen molar-refractivity contribution in [1.82, 2.24) is 15.3 Å². The highest BCUT2D eigenvalue weighted by Crippen LogP contribution is 2.04. The van der Waals surface area contributed by atoms with Crippen LogP contribution >= 0.6 is 22.7 Å². The summed E-state index contributed by atoms with van der Waals surface area (Å²) in [7, 11) is 0. The van der Waals surface area contributed by atoms with Crippen LogP contribution in [0.4, 0.5) is 0 Å². The fourth-order valence-electron chi connectivity index (χ4n) is 0.911. The Morgan fingerprint density at radius 3 is 3.07 bits per heavy atom. The quantitative estimate of drug-likeness (QED) is 0.861. The maximum absolute atomic E-state index is 11.4. The smallest absolute Gasteiger partial charge is 0.271 e. The lowest BCUT2D eigenvalue weighted by Crippen LogP contribution is -2.22.